The maximum Gasteiger partial charge on any atom is 0.257 e. The molecule has 4 aromatic rings. The van der Waals surface area contributed by atoms with Crippen molar-refractivity contribution in [1.29, 1.82) is 0 Å². The highest BCUT2D eigenvalue weighted by atomic mass is 16.5. The molecule has 10 heteroatoms. The zero-order valence-electron chi connectivity index (χ0n) is 28.8. The Kier molecular flexibility index (Phi) is 8.90. The molecular weight excluding hydrogens is 644 g/mol. The van der Waals surface area contributed by atoms with E-state index in [2.05, 4.69) is 24.3 Å². The van der Waals surface area contributed by atoms with Crippen molar-refractivity contribution in [1.82, 2.24) is 9.80 Å². The number of aliphatic imine (C=N–C) groups is 2. The van der Waals surface area contributed by atoms with Crippen LogP contribution >= 0.6 is 0 Å². The monoisotopic (exact) mass is 684 g/mol. The lowest BCUT2D eigenvalue weighted by molar-refractivity contribution is 0.0696. The molecule has 0 fully saturated rings. The van der Waals surface area contributed by atoms with E-state index in [1.807, 2.05) is 46.5 Å². The quantitative estimate of drug-likeness (QED) is 0.169. The first-order valence-corrected chi connectivity index (χ1v) is 17.5. The van der Waals surface area contributed by atoms with Crippen LogP contribution in [0.1, 0.15) is 62.2 Å². The number of unbranched alkanes of at least 4 members (excludes halogenated alkanes) is 2. The molecule has 4 heterocycles. The summed E-state index contributed by atoms with van der Waals surface area (Å²) in [6, 6.07) is 23.4. The molecule has 0 saturated carbocycles. The summed E-state index contributed by atoms with van der Waals surface area (Å²) < 4.78 is 23.6. The number of ether oxygens (including phenoxy) is 4. The summed E-state index contributed by atoms with van der Waals surface area (Å²) in [6.45, 7) is 2.04. The Hall–Kier alpha value is -5.64. The first-order chi connectivity index (χ1) is 25.0. The summed E-state index contributed by atoms with van der Waals surface area (Å²) in [5, 5.41) is 0. The Morgan fingerprint density at radius 2 is 1.02 bits per heavy atom. The molecule has 0 N–H and O–H groups in total. The van der Waals surface area contributed by atoms with E-state index in [4.69, 9.17) is 28.9 Å². The van der Waals surface area contributed by atoms with Gasteiger partial charge in [-0.25, -0.2) is 0 Å². The number of amides is 2. The lowest BCUT2D eigenvalue weighted by atomic mass is 9.94. The third-order valence-electron chi connectivity index (χ3n) is 10.2. The van der Waals surface area contributed by atoms with Gasteiger partial charge in [0.25, 0.3) is 11.8 Å². The molecule has 0 unspecified atom stereocenters. The van der Waals surface area contributed by atoms with Crippen LogP contribution in [0.5, 0.6) is 23.0 Å². The van der Waals surface area contributed by atoms with Crippen LogP contribution in [-0.4, -0.2) is 73.6 Å². The molecule has 0 radical (unpaired) electrons. The van der Waals surface area contributed by atoms with Crippen molar-refractivity contribution in [3.05, 3.63) is 106 Å². The fourth-order valence-corrected chi connectivity index (χ4v) is 7.39. The molecular formula is C41H40N4O6. The number of methoxy groups -OCH3 is 2. The second-order valence-electron chi connectivity index (χ2n) is 13.3. The van der Waals surface area contributed by atoms with E-state index >= 15 is 0 Å². The molecule has 4 aromatic carbocycles. The number of rotatable bonds is 10. The highest BCUT2D eigenvalue weighted by molar-refractivity contribution is 6.04. The molecule has 2 atom stereocenters. The predicted molar refractivity (Wildman–Crippen MR) is 195 cm³/mol. The second-order valence-corrected chi connectivity index (χ2v) is 13.3. The summed E-state index contributed by atoms with van der Waals surface area (Å²) in [6.07, 6.45) is 7.68. The summed E-state index contributed by atoms with van der Waals surface area (Å²) in [5.74, 6) is 2.02. The Bertz CT molecular complexity index is 1910. The minimum Gasteiger partial charge on any atom is -0.493 e. The lowest BCUT2D eigenvalue weighted by Crippen LogP contribution is -2.44. The van der Waals surface area contributed by atoms with Crippen LogP contribution in [0.4, 0.5) is 11.4 Å². The largest absolute Gasteiger partial charge is 0.493 e. The van der Waals surface area contributed by atoms with Crippen molar-refractivity contribution < 1.29 is 28.5 Å². The molecule has 10 nitrogen and oxygen atoms in total. The van der Waals surface area contributed by atoms with Gasteiger partial charge < -0.3 is 28.7 Å². The van der Waals surface area contributed by atoms with Gasteiger partial charge in [-0.15, -0.1) is 0 Å². The van der Waals surface area contributed by atoms with E-state index < -0.39 is 0 Å². The van der Waals surface area contributed by atoms with Gasteiger partial charge in [-0.05, 0) is 66.5 Å². The molecule has 4 aliphatic heterocycles. The summed E-state index contributed by atoms with van der Waals surface area (Å²) in [5.41, 5.74) is 7.04. The van der Waals surface area contributed by atoms with Gasteiger partial charge >= 0.3 is 0 Å². The van der Waals surface area contributed by atoms with Gasteiger partial charge in [-0.3, -0.25) is 19.6 Å². The minimum absolute atomic E-state index is 0.0573. The third kappa shape index (κ3) is 6.30. The second kappa shape index (κ2) is 13.9. The maximum absolute atomic E-state index is 13.7. The van der Waals surface area contributed by atoms with E-state index in [-0.39, 0.29) is 23.9 Å². The number of hydrogen-bond acceptors (Lipinski definition) is 8. The molecule has 4 aliphatic rings. The number of fused-ring (bicyclic) bond motifs is 6. The smallest absolute Gasteiger partial charge is 0.257 e. The van der Waals surface area contributed by atoms with Crippen LogP contribution in [0, 0.1) is 0 Å². The average Bonchev–Trinajstić information content (AvgIpc) is 3.38. The lowest BCUT2D eigenvalue weighted by Gasteiger charge is -2.34. The van der Waals surface area contributed by atoms with Crippen LogP contribution in [0.15, 0.2) is 82.8 Å². The van der Waals surface area contributed by atoms with Gasteiger partial charge in [0, 0.05) is 37.7 Å². The fraction of sp³-hybridized carbons (Fsp3) is 0.317. The van der Waals surface area contributed by atoms with Gasteiger partial charge in [0.05, 0.1) is 62.0 Å². The van der Waals surface area contributed by atoms with E-state index in [0.717, 1.165) is 32.1 Å². The first kappa shape index (κ1) is 32.6. The number of nitrogens with zero attached hydrogens (tertiary/aromatic N) is 4. The normalized spacial score (nSPS) is 18.3. The summed E-state index contributed by atoms with van der Waals surface area (Å²) in [7, 11) is 3.16. The van der Waals surface area contributed by atoms with Crippen molar-refractivity contribution >= 4 is 35.6 Å². The molecule has 0 bridgehead atoms. The molecule has 2 amide bonds. The van der Waals surface area contributed by atoms with Crippen molar-refractivity contribution in [2.75, 3.05) is 27.4 Å². The molecule has 0 aliphatic carbocycles. The van der Waals surface area contributed by atoms with Crippen LogP contribution in [0.25, 0.3) is 0 Å². The number of hydrogen-bond donors (Lipinski definition) is 0. The Morgan fingerprint density at radius 1 is 0.588 bits per heavy atom. The standard InChI is InChI=1S/C41H40N4O6/c1-48-36-18-32-34(42-22-30-16-26-10-4-6-12-28(26)24-44(30)40(32)46)20-38(36)50-14-8-3-9-15-51-39-21-35-33(19-37(39)49-2)41(47)45-25-29-13-7-5-11-27(29)17-31(45)23-43-35/h4-7,10-13,18-23,30-31H,3,8-9,14-17,24-25H2,1-2H3/t30-,31-/m0/s1. The minimum atomic E-state index is -0.0980. The Morgan fingerprint density at radius 3 is 1.45 bits per heavy atom. The van der Waals surface area contributed by atoms with Crippen LogP contribution in [0.3, 0.4) is 0 Å². The van der Waals surface area contributed by atoms with Gasteiger partial charge in [0.15, 0.2) is 23.0 Å². The third-order valence-corrected chi connectivity index (χ3v) is 10.2. The van der Waals surface area contributed by atoms with Crippen molar-refractivity contribution in [2.24, 2.45) is 9.98 Å². The molecule has 0 spiro atoms. The fourth-order valence-electron chi connectivity index (χ4n) is 7.39. The SMILES string of the molecule is COc1cc2c(cc1OCCCCCOc1cc3c(cc1OC)C(=O)N1Cc4ccccc4C[C@H]1C=N3)N=C[C@@H]1Cc3ccccc3CN1C2=O. The topological polar surface area (TPSA) is 102 Å². The average molecular weight is 685 g/mol. The first-order valence-electron chi connectivity index (χ1n) is 17.5. The van der Waals surface area contributed by atoms with Gasteiger partial charge in [-0.2, -0.15) is 0 Å². The molecule has 260 valence electrons. The summed E-state index contributed by atoms with van der Waals surface area (Å²) >= 11 is 0. The van der Waals surface area contributed by atoms with E-state index in [0.29, 0.717) is 71.8 Å². The molecule has 8 rings (SSSR count). The molecule has 0 saturated heterocycles. The Labute approximate surface area is 297 Å². The predicted octanol–water partition coefficient (Wildman–Crippen LogP) is 6.90. The van der Waals surface area contributed by atoms with Crippen LogP contribution in [-0.2, 0) is 25.9 Å². The molecule has 0 aromatic heterocycles. The van der Waals surface area contributed by atoms with Crippen LogP contribution < -0.4 is 18.9 Å². The number of carbonyl (C=O) groups is 2. The van der Waals surface area contributed by atoms with Crippen molar-refractivity contribution in [2.45, 2.75) is 57.3 Å². The highest BCUT2D eigenvalue weighted by Crippen LogP contribution is 2.40. The number of benzene rings is 4. The highest BCUT2D eigenvalue weighted by Gasteiger charge is 2.34. The van der Waals surface area contributed by atoms with Crippen molar-refractivity contribution in [3.63, 3.8) is 0 Å². The Balaban J connectivity index is 0.864. The number of carbonyl (C=O) groups excluding carboxylic acids is 2. The zero-order valence-corrected chi connectivity index (χ0v) is 28.8. The molecule has 51 heavy (non-hydrogen) atoms. The summed E-state index contributed by atoms with van der Waals surface area (Å²) in [4.78, 5) is 40.5. The van der Waals surface area contributed by atoms with Crippen LogP contribution in [0.2, 0.25) is 0 Å². The van der Waals surface area contributed by atoms with Crippen molar-refractivity contribution in [3.8, 4) is 23.0 Å². The zero-order chi connectivity index (χ0) is 34.9. The van der Waals surface area contributed by atoms with E-state index in [1.165, 1.54) is 22.3 Å². The van der Waals surface area contributed by atoms with Gasteiger partial charge in [0.2, 0.25) is 0 Å². The maximum atomic E-state index is 13.7. The van der Waals surface area contributed by atoms with Gasteiger partial charge in [0.1, 0.15) is 0 Å². The van der Waals surface area contributed by atoms with E-state index in [9.17, 15) is 9.59 Å². The van der Waals surface area contributed by atoms with Gasteiger partial charge in [-0.1, -0.05) is 48.5 Å². The van der Waals surface area contributed by atoms with E-state index in [1.54, 1.807) is 38.5 Å².